The first-order valence-corrected chi connectivity index (χ1v) is 13.3. The van der Waals surface area contributed by atoms with Gasteiger partial charge in [-0.3, -0.25) is 9.59 Å². The summed E-state index contributed by atoms with van der Waals surface area (Å²) in [7, 11) is -3.85. The second-order valence-electron chi connectivity index (χ2n) is 7.71. The fourth-order valence-corrected chi connectivity index (χ4v) is 6.88. The van der Waals surface area contributed by atoms with Crippen molar-refractivity contribution in [1.82, 2.24) is 14.1 Å². The van der Waals surface area contributed by atoms with Gasteiger partial charge in [0.15, 0.2) is 0 Å². The SMILES string of the molecule is O=C(CCl)N1CCN(S(=O)(=O)c2ccsc2)[C@H](C(=O)N2CCN(c3ccccc3)CC2)C1. The number of thiophene rings is 1. The first-order valence-electron chi connectivity index (χ1n) is 10.4. The van der Waals surface area contributed by atoms with Crippen molar-refractivity contribution in [2.75, 3.05) is 56.6 Å². The van der Waals surface area contributed by atoms with Gasteiger partial charge in [-0.15, -0.1) is 11.6 Å². The van der Waals surface area contributed by atoms with Crippen LogP contribution in [0.25, 0.3) is 0 Å². The Morgan fingerprint density at radius 3 is 2.28 bits per heavy atom. The summed E-state index contributed by atoms with van der Waals surface area (Å²) in [5.74, 6) is -0.775. The lowest BCUT2D eigenvalue weighted by Crippen LogP contribution is -2.63. The summed E-state index contributed by atoms with van der Waals surface area (Å²) in [4.78, 5) is 31.3. The summed E-state index contributed by atoms with van der Waals surface area (Å²) in [5, 5.41) is 3.26. The molecule has 3 heterocycles. The molecule has 32 heavy (non-hydrogen) atoms. The predicted molar refractivity (Wildman–Crippen MR) is 125 cm³/mol. The Balaban J connectivity index is 1.53. The van der Waals surface area contributed by atoms with Gasteiger partial charge in [-0.2, -0.15) is 15.6 Å². The Morgan fingerprint density at radius 1 is 0.969 bits per heavy atom. The van der Waals surface area contributed by atoms with Crippen molar-refractivity contribution in [2.45, 2.75) is 10.9 Å². The van der Waals surface area contributed by atoms with Gasteiger partial charge in [-0.05, 0) is 23.6 Å². The van der Waals surface area contributed by atoms with Crippen molar-refractivity contribution in [3.63, 3.8) is 0 Å². The number of halogens is 1. The number of carbonyl (C=O) groups is 2. The average Bonchev–Trinajstić information content (AvgIpc) is 3.39. The smallest absolute Gasteiger partial charge is 0.244 e. The molecule has 0 radical (unpaired) electrons. The first kappa shape index (κ1) is 23.0. The van der Waals surface area contributed by atoms with Gasteiger partial charge < -0.3 is 14.7 Å². The van der Waals surface area contributed by atoms with Crippen LogP contribution in [0.5, 0.6) is 0 Å². The maximum atomic E-state index is 13.5. The predicted octanol–water partition coefficient (Wildman–Crippen LogP) is 1.54. The molecule has 1 aromatic heterocycles. The number of rotatable bonds is 5. The highest BCUT2D eigenvalue weighted by atomic mass is 35.5. The normalized spacial score (nSPS) is 20.4. The minimum atomic E-state index is -3.85. The van der Waals surface area contributed by atoms with Gasteiger partial charge in [-0.1, -0.05) is 18.2 Å². The second kappa shape index (κ2) is 9.78. The molecule has 0 saturated carbocycles. The molecule has 0 N–H and O–H groups in total. The highest BCUT2D eigenvalue weighted by molar-refractivity contribution is 7.89. The fraction of sp³-hybridized carbons (Fsp3) is 0.429. The molecule has 0 spiro atoms. The van der Waals surface area contributed by atoms with Gasteiger partial charge in [0.25, 0.3) is 0 Å². The van der Waals surface area contributed by atoms with Crippen LogP contribution >= 0.6 is 22.9 Å². The summed E-state index contributed by atoms with van der Waals surface area (Å²) in [6, 6.07) is 10.5. The number of piperazine rings is 2. The maximum Gasteiger partial charge on any atom is 0.244 e. The van der Waals surface area contributed by atoms with Crippen molar-refractivity contribution in [2.24, 2.45) is 0 Å². The molecule has 2 amide bonds. The van der Waals surface area contributed by atoms with Crippen molar-refractivity contribution < 1.29 is 18.0 Å². The molecule has 2 fully saturated rings. The third-order valence-corrected chi connectivity index (χ3v) is 8.86. The zero-order valence-corrected chi connectivity index (χ0v) is 19.9. The number of nitrogens with zero attached hydrogens (tertiary/aromatic N) is 4. The molecule has 1 aromatic carbocycles. The second-order valence-corrected chi connectivity index (χ2v) is 10.6. The van der Waals surface area contributed by atoms with Crippen molar-refractivity contribution in [1.29, 1.82) is 0 Å². The molecule has 0 bridgehead atoms. The summed E-state index contributed by atoms with van der Waals surface area (Å²) in [6.07, 6.45) is 0. The quantitative estimate of drug-likeness (QED) is 0.586. The van der Waals surface area contributed by atoms with Crippen molar-refractivity contribution >= 4 is 50.5 Å². The van der Waals surface area contributed by atoms with E-state index in [0.29, 0.717) is 26.2 Å². The zero-order valence-electron chi connectivity index (χ0n) is 17.5. The van der Waals surface area contributed by atoms with E-state index in [0.717, 1.165) is 5.69 Å². The van der Waals surface area contributed by atoms with Crippen LogP contribution in [0.15, 0.2) is 52.1 Å². The minimum absolute atomic E-state index is 0.00660. The van der Waals surface area contributed by atoms with E-state index in [2.05, 4.69) is 4.90 Å². The van der Waals surface area contributed by atoms with Gasteiger partial charge >= 0.3 is 0 Å². The van der Waals surface area contributed by atoms with Crippen LogP contribution in [0.1, 0.15) is 0 Å². The lowest BCUT2D eigenvalue weighted by Gasteiger charge is -2.43. The molecule has 2 saturated heterocycles. The van der Waals surface area contributed by atoms with E-state index in [1.165, 1.54) is 26.6 Å². The maximum absolute atomic E-state index is 13.5. The van der Waals surface area contributed by atoms with E-state index < -0.39 is 16.1 Å². The summed E-state index contributed by atoms with van der Waals surface area (Å²) < 4.78 is 27.8. The summed E-state index contributed by atoms with van der Waals surface area (Å²) in [5.41, 5.74) is 1.10. The Bertz CT molecular complexity index is 1040. The first-order chi connectivity index (χ1) is 15.4. The highest BCUT2D eigenvalue weighted by Gasteiger charge is 2.43. The molecule has 8 nitrogen and oxygen atoms in total. The number of benzene rings is 1. The monoisotopic (exact) mass is 496 g/mol. The topological polar surface area (TPSA) is 81.2 Å². The van der Waals surface area contributed by atoms with Crippen LogP contribution in [0.2, 0.25) is 0 Å². The molecule has 1 atom stereocenters. The summed E-state index contributed by atoms with van der Waals surface area (Å²) in [6.45, 7) is 2.56. The van der Waals surface area contributed by atoms with Gasteiger partial charge in [0.05, 0.1) is 4.90 Å². The van der Waals surface area contributed by atoms with E-state index in [1.54, 1.807) is 15.7 Å². The average molecular weight is 497 g/mol. The van der Waals surface area contributed by atoms with E-state index in [9.17, 15) is 18.0 Å². The number of amides is 2. The van der Waals surface area contributed by atoms with Gasteiger partial charge in [0.1, 0.15) is 11.9 Å². The molecular formula is C21H25ClN4O4S2. The van der Waals surface area contributed by atoms with E-state index in [1.807, 2.05) is 30.3 Å². The molecule has 4 rings (SSSR count). The molecule has 2 aliphatic rings. The molecule has 2 aromatic rings. The number of para-hydroxylation sites is 1. The zero-order chi connectivity index (χ0) is 22.7. The lowest BCUT2D eigenvalue weighted by atomic mass is 10.1. The molecule has 2 aliphatic heterocycles. The number of carbonyl (C=O) groups excluding carboxylic acids is 2. The third-order valence-electron chi connectivity index (χ3n) is 5.90. The molecule has 172 valence electrons. The standard InChI is InChI=1S/C21H25ClN4O4S2/c22-14-20(27)25-11-12-26(32(29,30)18-6-13-31-16-18)19(15-25)21(28)24-9-7-23(8-10-24)17-4-2-1-3-5-17/h1-6,13,16,19H,7-12,14-15H2/t19-/m0/s1. The van der Waals surface area contributed by atoms with Gasteiger partial charge in [-0.25, -0.2) is 8.42 Å². The van der Waals surface area contributed by atoms with Crippen LogP contribution in [-0.2, 0) is 19.6 Å². The number of anilines is 1. The van der Waals surface area contributed by atoms with Crippen LogP contribution in [0.4, 0.5) is 5.69 Å². The Hall–Kier alpha value is -2.14. The van der Waals surface area contributed by atoms with Crippen LogP contribution in [0.3, 0.4) is 0 Å². The van der Waals surface area contributed by atoms with E-state index in [4.69, 9.17) is 11.6 Å². The lowest BCUT2D eigenvalue weighted by molar-refractivity contribution is -0.140. The van der Waals surface area contributed by atoms with E-state index >= 15 is 0 Å². The largest absolute Gasteiger partial charge is 0.368 e. The Kier molecular flexibility index (Phi) is 7.04. The number of sulfonamides is 1. The van der Waals surface area contributed by atoms with Crippen molar-refractivity contribution in [3.8, 4) is 0 Å². The van der Waals surface area contributed by atoms with E-state index in [-0.39, 0.29) is 42.2 Å². The van der Waals surface area contributed by atoms with Crippen LogP contribution in [0, 0.1) is 0 Å². The third kappa shape index (κ3) is 4.63. The summed E-state index contributed by atoms with van der Waals surface area (Å²) >= 11 is 7.01. The van der Waals surface area contributed by atoms with Crippen LogP contribution in [-0.4, -0.2) is 92.1 Å². The molecule has 11 heteroatoms. The molecular weight excluding hydrogens is 472 g/mol. The number of alkyl halides is 1. The highest BCUT2D eigenvalue weighted by Crippen LogP contribution is 2.25. The fourth-order valence-electron chi connectivity index (χ4n) is 4.13. The number of hydrogen-bond acceptors (Lipinski definition) is 6. The van der Waals surface area contributed by atoms with Crippen molar-refractivity contribution in [3.05, 3.63) is 47.2 Å². The van der Waals surface area contributed by atoms with Gasteiger partial charge in [0, 0.05) is 56.9 Å². The van der Waals surface area contributed by atoms with Gasteiger partial charge in [0.2, 0.25) is 21.8 Å². The molecule has 0 aliphatic carbocycles. The Morgan fingerprint density at radius 2 is 1.66 bits per heavy atom. The van der Waals surface area contributed by atoms with Crippen LogP contribution < -0.4 is 4.90 Å². The Labute approximate surface area is 197 Å². The molecule has 0 unspecified atom stereocenters. The minimum Gasteiger partial charge on any atom is -0.368 e. The number of hydrogen-bond donors (Lipinski definition) is 0.